The van der Waals surface area contributed by atoms with Crippen LogP contribution in [0.15, 0.2) is 30.6 Å². The average Bonchev–Trinajstić information content (AvgIpc) is 2.93. The Morgan fingerprint density at radius 2 is 1.67 bits per heavy atom. The van der Waals surface area contributed by atoms with Crippen molar-refractivity contribution in [3.05, 3.63) is 30.6 Å². The van der Waals surface area contributed by atoms with E-state index in [1.807, 2.05) is 18.2 Å². The van der Waals surface area contributed by atoms with Gasteiger partial charge in [0.25, 0.3) is 0 Å². The van der Waals surface area contributed by atoms with Crippen molar-refractivity contribution < 1.29 is 4.74 Å². The number of nitrogens with two attached hydrogens (primary N) is 1. The highest BCUT2D eigenvalue weighted by Gasteiger charge is 2.13. The summed E-state index contributed by atoms with van der Waals surface area (Å²) in [5, 5.41) is 8.24. The maximum atomic E-state index is 5.95. The predicted octanol–water partition coefficient (Wildman–Crippen LogP) is 0.686. The smallest absolute Gasteiger partial charge is 0.0897 e. The van der Waals surface area contributed by atoms with Gasteiger partial charge in [0.1, 0.15) is 0 Å². The molecule has 2 N–H and O–H groups in total. The van der Waals surface area contributed by atoms with Gasteiger partial charge in [-0.15, -0.1) is 0 Å². The molecule has 18 heavy (non-hydrogen) atoms. The van der Waals surface area contributed by atoms with Crippen molar-refractivity contribution in [1.82, 2.24) is 15.0 Å². The van der Waals surface area contributed by atoms with E-state index in [-0.39, 0.29) is 0 Å². The number of ether oxygens (including phenoxy) is 1. The fraction of sp³-hybridized carbons (Fsp3) is 0.333. The largest absolute Gasteiger partial charge is 0.399 e. The molecule has 1 aromatic carbocycles. The zero-order chi connectivity index (χ0) is 12.4. The van der Waals surface area contributed by atoms with Crippen LogP contribution in [0.2, 0.25) is 0 Å². The summed E-state index contributed by atoms with van der Waals surface area (Å²) in [6.07, 6.45) is 3.30. The standard InChI is InChI=1S/C12H15N5O/c13-10-7-11(16-3-5-18-6-4-16)9-12(8-10)17-14-1-2-15-17/h1-2,7-9H,3-6,13H2. The second-order valence-corrected chi connectivity index (χ2v) is 4.20. The van der Waals surface area contributed by atoms with Crippen LogP contribution in [0.1, 0.15) is 0 Å². The van der Waals surface area contributed by atoms with Gasteiger partial charge in [-0.2, -0.15) is 15.0 Å². The Morgan fingerprint density at radius 3 is 2.39 bits per heavy atom. The molecule has 1 aliphatic rings. The third-order valence-electron chi connectivity index (χ3n) is 2.95. The Hall–Kier alpha value is -2.08. The van der Waals surface area contributed by atoms with Crippen LogP contribution in [-0.4, -0.2) is 41.3 Å². The SMILES string of the molecule is Nc1cc(N2CCOCC2)cc(-n2nccn2)c1. The van der Waals surface area contributed by atoms with Crippen molar-refractivity contribution in [3.8, 4) is 5.69 Å². The topological polar surface area (TPSA) is 69.2 Å². The van der Waals surface area contributed by atoms with E-state index in [2.05, 4.69) is 15.1 Å². The fourth-order valence-corrected chi connectivity index (χ4v) is 2.09. The summed E-state index contributed by atoms with van der Waals surface area (Å²) in [6.45, 7) is 3.28. The maximum Gasteiger partial charge on any atom is 0.0897 e. The third kappa shape index (κ3) is 2.14. The molecule has 2 heterocycles. The highest BCUT2D eigenvalue weighted by atomic mass is 16.5. The second-order valence-electron chi connectivity index (χ2n) is 4.20. The van der Waals surface area contributed by atoms with Gasteiger partial charge < -0.3 is 15.4 Å². The van der Waals surface area contributed by atoms with E-state index < -0.39 is 0 Å². The first-order chi connectivity index (χ1) is 8.83. The van der Waals surface area contributed by atoms with Crippen LogP contribution in [0, 0.1) is 0 Å². The fourth-order valence-electron chi connectivity index (χ4n) is 2.09. The lowest BCUT2D eigenvalue weighted by Crippen LogP contribution is -2.36. The highest BCUT2D eigenvalue weighted by molar-refractivity contribution is 5.62. The molecule has 0 radical (unpaired) electrons. The number of morpholine rings is 1. The normalized spacial score (nSPS) is 15.9. The van der Waals surface area contributed by atoms with Crippen LogP contribution in [0.4, 0.5) is 11.4 Å². The molecule has 2 aromatic rings. The molecule has 0 atom stereocenters. The number of aromatic nitrogens is 3. The van der Waals surface area contributed by atoms with Gasteiger partial charge in [-0.1, -0.05) is 0 Å². The van der Waals surface area contributed by atoms with E-state index in [0.29, 0.717) is 5.69 Å². The van der Waals surface area contributed by atoms with Gasteiger partial charge in [0.15, 0.2) is 0 Å². The van der Waals surface area contributed by atoms with Crippen molar-refractivity contribution in [3.63, 3.8) is 0 Å². The Labute approximate surface area is 105 Å². The van der Waals surface area contributed by atoms with Crippen LogP contribution >= 0.6 is 0 Å². The average molecular weight is 245 g/mol. The van der Waals surface area contributed by atoms with Crippen molar-refractivity contribution in [2.45, 2.75) is 0 Å². The molecule has 0 unspecified atom stereocenters. The second kappa shape index (κ2) is 4.66. The lowest BCUT2D eigenvalue weighted by atomic mass is 10.2. The van der Waals surface area contributed by atoms with Gasteiger partial charge in [-0.25, -0.2) is 0 Å². The van der Waals surface area contributed by atoms with E-state index in [1.165, 1.54) is 0 Å². The van der Waals surface area contributed by atoms with Crippen molar-refractivity contribution in [2.24, 2.45) is 0 Å². The summed E-state index contributed by atoms with van der Waals surface area (Å²) < 4.78 is 5.35. The number of hydrogen-bond donors (Lipinski definition) is 1. The molecular formula is C12H15N5O. The third-order valence-corrected chi connectivity index (χ3v) is 2.95. The number of hydrogen-bond acceptors (Lipinski definition) is 5. The van der Waals surface area contributed by atoms with Crippen LogP contribution in [-0.2, 0) is 4.74 Å². The Bertz CT molecular complexity index is 519. The van der Waals surface area contributed by atoms with Gasteiger partial charge >= 0.3 is 0 Å². The Kier molecular flexibility index (Phi) is 2.85. The van der Waals surface area contributed by atoms with Gasteiger partial charge in [-0.05, 0) is 18.2 Å². The molecule has 94 valence electrons. The number of anilines is 2. The molecule has 0 aliphatic carbocycles. The molecule has 0 amide bonds. The minimum Gasteiger partial charge on any atom is -0.399 e. The maximum absolute atomic E-state index is 5.95. The molecule has 1 aliphatic heterocycles. The summed E-state index contributed by atoms with van der Waals surface area (Å²) in [4.78, 5) is 3.83. The van der Waals surface area contributed by atoms with E-state index in [4.69, 9.17) is 10.5 Å². The summed E-state index contributed by atoms with van der Waals surface area (Å²) in [5.74, 6) is 0. The monoisotopic (exact) mass is 245 g/mol. The van der Waals surface area contributed by atoms with Crippen LogP contribution < -0.4 is 10.6 Å². The predicted molar refractivity (Wildman–Crippen MR) is 68.8 cm³/mol. The molecule has 0 bridgehead atoms. The van der Waals surface area contributed by atoms with E-state index in [1.54, 1.807) is 17.2 Å². The van der Waals surface area contributed by atoms with Gasteiger partial charge in [-0.3, -0.25) is 0 Å². The van der Waals surface area contributed by atoms with E-state index in [0.717, 1.165) is 37.7 Å². The molecule has 0 spiro atoms. The van der Waals surface area contributed by atoms with E-state index in [9.17, 15) is 0 Å². The highest BCUT2D eigenvalue weighted by Crippen LogP contribution is 2.23. The first kappa shape index (κ1) is 11.0. The molecule has 6 heteroatoms. The lowest BCUT2D eigenvalue weighted by Gasteiger charge is -2.29. The zero-order valence-electron chi connectivity index (χ0n) is 9.99. The molecule has 3 rings (SSSR count). The summed E-state index contributed by atoms with van der Waals surface area (Å²) in [6, 6.07) is 5.88. The number of nitrogens with zero attached hydrogens (tertiary/aromatic N) is 4. The van der Waals surface area contributed by atoms with Crippen molar-refractivity contribution in [1.29, 1.82) is 0 Å². The molecule has 1 fully saturated rings. The molecule has 1 aromatic heterocycles. The van der Waals surface area contributed by atoms with Gasteiger partial charge in [0.05, 0.1) is 31.3 Å². The summed E-state index contributed by atoms with van der Waals surface area (Å²) in [5.41, 5.74) is 8.62. The van der Waals surface area contributed by atoms with Crippen molar-refractivity contribution in [2.75, 3.05) is 36.9 Å². The molecular weight excluding hydrogens is 230 g/mol. The van der Waals surface area contributed by atoms with E-state index >= 15 is 0 Å². The van der Waals surface area contributed by atoms with Crippen LogP contribution in [0.25, 0.3) is 5.69 Å². The van der Waals surface area contributed by atoms with Gasteiger partial charge in [0, 0.05) is 24.5 Å². The lowest BCUT2D eigenvalue weighted by molar-refractivity contribution is 0.122. The minimum atomic E-state index is 0.714. The summed E-state index contributed by atoms with van der Waals surface area (Å²) in [7, 11) is 0. The molecule has 1 saturated heterocycles. The molecule has 6 nitrogen and oxygen atoms in total. The Morgan fingerprint density at radius 1 is 1.00 bits per heavy atom. The van der Waals surface area contributed by atoms with Crippen molar-refractivity contribution >= 4 is 11.4 Å². The van der Waals surface area contributed by atoms with Crippen LogP contribution in [0.3, 0.4) is 0 Å². The Balaban J connectivity index is 1.95. The quantitative estimate of drug-likeness (QED) is 0.788. The van der Waals surface area contributed by atoms with Gasteiger partial charge in [0.2, 0.25) is 0 Å². The van der Waals surface area contributed by atoms with Crippen LogP contribution in [0.5, 0.6) is 0 Å². The number of nitrogen functional groups attached to an aromatic ring is 1. The molecule has 0 saturated carbocycles. The minimum absolute atomic E-state index is 0.714. The number of rotatable bonds is 2. The first-order valence-electron chi connectivity index (χ1n) is 5.93. The summed E-state index contributed by atoms with van der Waals surface area (Å²) >= 11 is 0. The number of benzene rings is 1. The first-order valence-corrected chi connectivity index (χ1v) is 5.93. The zero-order valence-corrected chi connectivity index (χ0v) is 9.99.